The van der Waals surface area contributed by atoms with E-state index in [9.17, 15) is 14.7 Å². The number of aromatic hydroxyl groups is 1. The molecular formula is C19H20O4. The summed E-state index contributed by atoms with van der Waals surface area (Å²) >= 11 is 0. The zero-order chi connectivity index (χ0) is 16.4. The number of ketones is 1. The van der Waals surface area contributed by atoms with Gasteiger partial charge in [-0.2, -0.15) is 0 Å². The number of hydrogen-bond acceptors (Lipinski definition) is 4. The molecule has 1 aromatic carbocycles. The summed E-state index contributed by atoms with van der Waals surface area (Å²) in [7, 11) is 0. The molecule has 1 atom stereocenters. The minimum Gasteiger partial charge on any atom is -0.506 e. The molecule has 3 rings (SSSR count). The highest BCUT2D eigenvalue weighted by atomic mass is 16.4. The molecule has 0 saturated heterocycles. The van der Waals surface area contributed by atoms with Gasteiger partial charge in [0.25, 0.3) is 0 Å². The molecule has 0 amide bonds. The molecular weight excluding hydrogens is 292 g/mol. The van der Waals surface area contributed by atoms with Crippen LogP contribution in [-0.4, -0.2) is 10.9 Å². The second-order valence-corrected chi connectivity index (χ2v) is 5.95. The Hall–Kier alpha value is -2.36. The van der Waals surface area contributed by atoms with E-state index >= 15 is 0 Å². The van der Waals surface area contributed by atoms with E-state index in [-0.39, 0.29) is 28.6 Å². The largest absolute Gasteiger partial charge is 0.506 e. The number of benzene rings is 1. The minimum atomic E-state index is -0.536. The van der Waals surface area contributed by atoms with Crippen LogP contribution in [0.15, 0.2) is 39.5 Å². The summed E-state index contributed by atoms with van der Waals surface area (Å²) in [6.45, 7) is 1.95. The van der Waals surface area contributed by atoms with Crippen LogP contribution in [0.25, 0.3) is 0 Å². The topological polar surface area (TPSA) is 67.5 Å². The summed E-state index contributed by atoms with van der Waals surface area (Å²) in [6.07, 6.45) is 3.08. The van der Waals surface area contributed by atoms with E-state index in [0.29, 0.717) is 25.0 Å². The molecule has 0 bridgehead atoms. The fraction of sp³-hybridized carbons (Fsp3) is 0.368. The van der Waals surface area contributed by atoms with E-state index in [4.69, 9.17) is 4.42 Å². The first kappa shape index (κ1) is 15.5. The molecule has 1 unspecified atom stereocenters. The van der Waals surface area contributed by atoms with Gasteiger partial charge in [-0.1, -0.05) is 37.3 Å². The Morgan fingerprint density at radius 2 is 1.83 bits per heavy atom. The van der Waals surface area contributed by atoms with Crippen molar-refractivity contribution in [2.24, 2.45) is 0 Å². The highest BCUT2D eigenvalue weighted by Crippen LogP contribution is 2.36. The molecule has 4 heteroatoms. The lowest BCUT2D eigenvalue weighted by Crippen LogP contribution is -2.18. The van der Waals surface area contributed by atoms with Crippen LogP contribution in [0.2, 0.25) is 0 Å². The molecule has 0 aliphatic heterocycles. The molecule has 0 spiro atoms. The highest BCUT2D eigenvalue weighted by molar-refractivity contribution is 6.00. The van der Waals surface area contributed by atoms with Crippen molar-refractivity contribution in [1.29, 1.82) is 0 Å². The maximum Gasteiger partial charge on any atom is 0.343 e. The van der Waals surface area contributed by atoms with Crippen LogP contribution in [0.4, 0.5) is 0 Å². The number of rotatable bonds is 3. The summed E-state index contributed by atoms with van der Waals surface area (Å²) in [6, 6.07) is 9.52. The monoisotopic (exact) mass is 312 g/mol. The first-order valence-corrected chi connectivity index (χ1v) is 8.10. The molecule has 2 aromatic rings. The average Bonchev–Trinajstić information content (AvgIpc) is 2.73. The van der Waals surface area contributed by atoms with Gasteiger partial charge >= 0.3 is 5.63 Å². The minimum absolute atomic E-state index is 0.136. The van der Waals surface area contributed by atoms with E-state index in [0.717, 1.165) is 18.4 Å². The van der Waals surface area contributed by atoms with E-state index in [1.165, 1.54) is 0 Å². The number of aryl methyl sites for hydroxylation is 1. The predicted molar refractivity (Wildman–Crippen MR) is 87.1 cm³/mol. The molecule has 0 saturated carbocycles. The lowest BCUT2D eigenvalue weighted by atomic mass is 9.88. The lowest BCUT2D eigenvalue weighted by Gasteiger charge is -2.18. The zero-order valence-electron chi connectivity index (χ0n) is 13.2. The molecule has 1 aliphatic rings. The summed E-state index contributed by atoms with van der Waals surface area (Å²) < 4.78 is 5.43. The third-order valence-electron chi connectivity index (χ3n) is 4.50. The number of hydrogen-bond donors (Lipinski definition) is 1. The van der Waals surface area contributed by atoms with Gasteiger partial charge in [0.05, 0.1) is 11.1 Å². The van der Waals surface area contributed by atoms with Crippen molar-refractivity contribution < 1.29 is 14.3 Å². The lowest BCUT2D eigenvalue weighted by molar-refractivity contribution is 0.0977. The highest BCUT2D eigenvalue weighted by Gasteiger charge is 2.29. The van der Waals surface area contributed by atoms with Gasteiger partial charge in [0.1, 0.15) is 11.5 Å². The SMILES string of the molecule is CCC(c1ccccc1)c1c(O)c2c(oc1=O)CCCCC2=O. The fourth-order valence-corrected chi connectivity index (χ4v) is 3.34. The molecule has 0 radical (unpaired) electrons. The van der Waals surface area contributed by atoms with Gasteiger partial charge in [-0.05, 0) is 24.8 Å². The first-order valence-electron chi connectivity index (χ1n) is 8.10. The Morgan fingerprint density at radius 1 is 1.13 bits per heavy atom. The molecule has 1 aliphatic carbocycles. The van der Waals surface area contributed by atoms with Crippen LogP contribution in [0.3, 0.4) is 0 Å². The van der Waals surface area contributed by atoms with E-state index in [1.54, 1.807) is 0 Å². The maximum absolute atomic E-state index is 12.5. The number of Topliss-reactive ketones (excluding diaryl/α,β-unsaturated/α-hetero) is 1. The van der Waals surface area contributed by atoms with Gasteiger partial charge in [-0.25, -0.2) is 4.79 Å². The van der Waals surface area contributed by atoms with Crippen molar-refractivity contribution in [3.63, 3.8) is 0 Å². The molecule has 1 N–H and O–H groups in total. The number of fused-ring (bicyclic) bond motifs is 1. The van der Waals surface area contributed by atoms with Crippen molar-refractivity contribution in [2.75, 3.05) is 0 Å². The van der Waals surface area contributed by atoms with Gasteiger partial charge < -0.3 is 9.52 Å². The van der Waals surface area contributed by atoms with Crippen molar-refractivity contribution in [3.8, 4) is 5.75 Å². The Bertz CT molecular complexity index is 774. The average molecular weight is 312 g/mol. The smallest absolute Gasteiger partial charge is 0.343 e. The van der Waals surface area contributed by atoms with E-state index in [1.807, 2.05) is 37.3 Å². The van der Waals surface area contributed by atoms with Crippen LogP contribution in [0, 0.1) is 0 Å². The molecule has 1 aromatic heterocycles. The number of carbonyl (C=O) groups is 1. The molecule has 4 nitrogen and oxygen atoms in total. The number of carbonyl (C=O) groups excluding carboxylic acids is 1. The third-order valence-corrected chi connectivity index (χ3v) is 4.50. The quantitative estimate of drug-likeness (QED) is 0.875. The summed E-state index contributed by atoms with van der Waals surface area (Å²) in [5.74, 6) is -0.266. The van der Waals surface area contributed by atoms with Gasteiger partial charge in [-0.15, -0.1) is 0 Å². The predicted octanol–water partition coefficient (Wildman–Crippen LogP) is 3.80. The second-order valence-electron chi connectivity index (χ2n) is 5.95. The van der Waals surface area contributed by atoms with Crippen LogP contribution < -0.4 is 5.63 Å². The summed E-state index contributed by atoms with van der Waals surface area (Å²) in [5.41, 5.74) is 0.810. The van der Waals surface area contributed by atoms with Gasteiger partial charge in [-0.3, -0.25) is 4.79 Å². The molecule has 120 valence electrons. The molecule has 23 heavy (non-hydrogen) atoms. The maximum atomic E-state index is 12.5. The summed E-state index contributed by atoms with van der Waals surface area (Å²) in [4.78, 5) is 24.8. The molecule has 0 fully saturated rings. The van der Waals surface area contributed by atoms with Crippen molar-refractivity contribution in [1.82, 2.24) is 0 Å². The fourth-order valence-electron chi connectivity index (χ4n) is 3.34. The van der Waals surface area contributed by atoms with E-state index in [2.05, 4.69) is 0 Å². The van der Waals surface area contributed by atoms with Crippen molar-refractivity contribution >= 4 is 5.78 Å². The second kappa shape index (κ2) is 6.41. The standard InChI is InChI=1S/C19H20O4/c1-2-13(12-8-4-3-5-9-12)16-18(21)17-14(20)10-6-7-11-15(17)23-19(16)22/h3-5,8-9,13,21H,2,6-7,10-11H2,1H3. The van der Waals surface area contributed by atoms with Gasteiger partial charge in [0.15, 0.2) is 5.78 Å². The Labute approximate surface area is 134 Å². The van der Waals surface area contributed by atoms with Crippen molar-refractivity contribution in [3.05, 3.63) is 63.2 Å². The Kier molecular flexibility index (Phi) is 4.33. The van der Waals surface area contributed by atoms with Gasteiger partial charge in [0, 0.05) is 18.8 Å². The van der Waals surface area contributed by atoms with E-state index < -0.39 is 5.63 Å². The van der Waals surface area contributed by atoms with Crippen molar-refractivity contribution in [2.45, 2.75) is 44.9 Å². The van der Waals surface area contributed by atoms with Gasteiger partial charge in [0.2, 0.25) is 0 Å². The summed E-state index contributed by atoms with van der Waals surface area (Å²) in [5, 5.41) is 10.7. The van der Waals surface area contributed by atoms with Crippen LogP contribution in [-0.2, 0) is 6.42 Å². The normalized spacial score (nSPS) is 15.8. The first-order chi connectivity index (χ1) is 11.1. The zero-order valence-corrected chi connectivity index (χ0v) is 13.2. The van der Waals surface area contributed by atoms with Crippen LogP contribution in [0.1, 0.15) is 65.8 Å². The molecule has 1 heterocycles. The Morgan fingerprint density at radius 3 is 2.52 bits per heavy atom. The third kappa shape index (κ3) is 2.81. The van der Waals surface area contributed by atoms with Crippen LogP contribution >= 0.6 is 0 Å². The Balaban J connectivity index is 2.20. The van der Waals surface area contributed by atoms with Crippen LogP contribution in [0.5, 0.6) is 5.75 Å².